The van der Waals surface area contributed by atoms with Gasteiger partial charge in [-0.3, -0.25) is 4.29 Å². The molecule has 4 heteroatoms. The fraction of sp³-hybridized carbons (Fsp3) is 0.143. The molecule has 0 heterocycles. The second-order valence-electron chi connectivity index (χ2n) is 5.46. The number of benzene rings is 2. The van der Waals surface area contributed by atoms with E-state index in [0.717, 1.165) is 0 Å². The Morgan fingerprint density at radius 1 is 0.800 bits per heavy atom. The molecule has 0 saturated heterocycles. The van der Waals surface area contributed by atoms with Crippen molar-refractivity contribution in [1.29, 1.82) is 0 Å². The van der Waals surface area contributed by atoms with Crippen LogP contribution in [0.4, 0.5) is 0 Å². The van der Waals surface area contributed by atoms with E-state index in [-0.39, 0.29) is 5.43 Å². The molecule has 0 radical (unpaired) electrons. The molecule has 0 N–H and O–H groups in total. The standard InChI is InChI=1S/2C9H7.C2H6Si.CH3ClO.Zr/c2*1-2-5-9-7-3-6-8(9)4-1;2*1-3-2;/h2*1-7H;1-2H3;1H3;/q2*-1;;;+2. The third kappa shape index (κ3) is 9.32. The quantitative estimate of drug-likeness (QED) is 0.216. The van der Waals surface area contributed by atoms with Gasteiger partial charge in [0.05, 0.1) is 19.0 Å². The molecule has 1 nitrogen and oxygen atoms in total. The molecule has 4 aromatic rings. The molecule has 0 amide bonds. The number of fused-ring (bicyclic) bond motifs is 2. The zero-order valence-corrected chi connectivity index (χ0v) is 19.1. The molecule has 4 aromatic carbocycles. The van der Waals surface area contributed by atoms with Gasteiger partial charge in [-0.15, -0.1) is 59.3 Å². The van der Waals surface area contributed by atoms with Crippen LogP contribution in [0, 0.1) is 0 Å². The summed E-state index contributed by atoms with van der Waals surface area (Å²) in [6.07, 6.45) is 0. The summed E-state index contributed by atoms with van der Waals surface area (Å²) in [4.78, 5) is 0. The molecular formula is C21H23ClOSiZr. The van der Waals surface area contributed by atoms with Crippen molar-refractivity contribution in [1.82, 2.24) is 0 Å². The van der Waals surface area contributed by atoms with Gasteiger partial charge in [-0.25, -0.2) is 0 Å². The average molecular weight is 446 g/mol. The van der Waals surface area contributed by atoms with Gasteiger partial charge >= 0.3 is 41.9 Å². The van der Waals surface area contributed by atoms with Crippen LogP contribution in [0.25, 0.3) is 21.5 Å². The first-order valence-corrected chi connectivity index (χ1v) is 14.5. The minimum atomic E-state index is 0.210. The molecular weight excluding hydrogens is 423 g/mol. The summed E-state index contributed by atoms with van der Waals surface area (Å²) in [5.41, 5.74) is 0.210. The van der Waals surface area contributed by atoms with E-state index < -0.39 is 0 Å². The van der Waals surface area contributed by atoms with Crippen molar-refractivity contribution >= 4 is 38.8 Å². The zero-order valence-electron chi connectivity index (χ0n) is 14.9. The van der Waals surface area contributed by atoms with E-state index in [1.54, 1.807) is 23.3 Å². The fourth-order valence-corrected chi connectivity index (χ4v) is 2.14. The summed E-state index contributed by atoms with van der Waals surface area (Å²) in [5.74, 6) is 0. The Morgan fingerprint density at radius 3 is 1.44 bits per heavy atom. The van der Waals surface area contributed by atoms with E-state index >= 15 is 0 Å². The molecule has 0 aliphatic carbocycles. The van der Waals surface area contributed by atoms with Gasteiger partial charge in [0.25, 0.3) is 0 Å². The molecule has 4 rings (SSSR count). The van der Waals surface area contributed by atoms with Gasteiger partial charge in [-0.2, -0.15) is 35.0 Å². The Morgan fingerprint density at radius 2 is 1.12 bits per heavy atom. The minimum Gasteiger partial charge on any atom is -0.168 e. The Balaban J connectivity index is 0.000000185. The van der Waals surface area contributed by atoms with Gasteiger partial charge in [0.15, 0.2) is 0 Å². The van der Waals surface area contributed by atoms with Crippen LogP contribution in [0.2, 0.25) is 13.1 Å². The van der Waals surface area contributed by atoms with Crippen LogP contribution < -0.4 is 0 Å². The minimum absolute atomic E-state index is 0.210. The maximum absolute atomic E-state index is 4.50. The number of halogens is 1. The van der Waals surface area contributed by atoms with E-state index in [1.165, 1.54) is 28.7 Å². The van der Waals surface area contributed by atoms with Gasteiger partial charge in [-0.05, 0) is 0 Å². The Kier molecular flexibility index (Phi) is 11.7. The smallest absolute Gasteiger partial charge is 0.0809 e. The van der Waals surface area contributed by atoms with Crippen LogP contribution in [0.5, 0.6) is 0 Å². The summed E-state index contributed by atoms with van der Waals surface area (Å²) in [6.45, 7) is 4.62. The van der Waals surface area contributed by atoms with Crippen molar-refractivity contribution in [3.63, 3.8) is 0 Å². The van der Waals surface area contributed by atoms with E-state index in [9.17, 15) is 0 Å². The van der Waals surface area contributed by atoms with Gasteiger partial charge in [0.2, 0.25) is 0 Å². The molecule has 0 atom stereocenters. The SMILES string of the molecule is COCl.C[Si](C)=[Zr+2].c1ccc2[cH-]ccc2c1.c1ccc2[cH-]ccc2c1. The number of hydrogen-bond donors (Lipinski definition) is 0. The maximum Gasteiger partial charge on any atom is -0.0809 e. The molecule has 0 bridgehead atoms. The molecule has 128 valence electrons. The van der Waals surface area contributed by atoms with E-state index in [0.29, 0.717) is 0 Å². The van der Waals surface area contributed by atoms with E-state index in [4.69, 9.17) is 0 Å². The molecule has 0 aromatic heterocycles. The van der Waals surface area contributed by atoms with Crippen molar-refractivity contribution in [2.24, 2.45) is 0 Å². The topological polar surface area (TPSA) is 9.23 Å². The predicted molar refractivity (Wildman–Crippen MR) is 109 cm³/mol. The second-order valence-corrected chi connectivity index (χ2v) is 15.1. The first-order chi connectivity index (χ1) is 12.1. The monoisotopic (exact) mass is 444 g/mol. The van der Waals surface area contributed by atoms with Crippen LogP contribution >= 0.6 is 11.9 Å². The normalized spacial score (nSPS) is 9.20. The average Bonchev–Trinajstić information content (AvgIpc) is 3.24. The summed E-state index contributed by atoms with van der Waals surface area (Å²) in [5, 5.41) is 5.32. The van der Waals surface area contributed by atoms with Crippen molar-refractivity contribution in [2.75, 3.05) is 7.11 Å². The first-order valence-electron chi connectivity index (χ1n) is 7.96. The summed E-state index contributed by atoms with van der Waals surface area (Å²) in [6, 6.07) is 29.3. The number of rotatable bonds is 0. The van der Waals surface area contributed by atoms with Gasteiger partial charge in [0.1, 0.15) is 0 Å². The van der Waals surface area contributed by atoms with Gasteiger partial charge < -0.3 is 0 Å². The van der Waals surface area contributed by atoms with Gasteiger partial charge in [-0.1, -0.05) is 12.1 Å². The maximum atomic E-state index is 4.50. The molecule has 0 saturated carbocycles. The molecule has 25 heavy (non-hydrogen) atoms. The summed E-state index contributed by atoms with van der Waals surface area (Å²) >= 11 is 6.24. The van der Waals surface area contributed by atoms with Crippen LogP contribution in [0.15, 0.2) is 84.9 Å². The van der Waals surface area contributed by atoms with Crippen molar-refractivity contribution in [2.45, 2.75) is 13.1 Å². The van der Waals surface area contributed by atoms with Crippen LogP contribution in [0.3, 0.4) is 0 Å². The van der Waals surface area contributed by atoms with Crippen molar-refractivity contribution in [3.05, 3.63) is 84.9 Å². The Hall–Kier alpha value is -0.990. The Labute approximate surface area is 170 Å². The van der Waals surface area contributed by atoms with Crippen molar-refractivity contribution < 1.29 is 27.6 Å². The predicted octanol–water partition coefficient (Wildman–Crippen LogP) is 6.69. The molecule has 0 spiro atoms. The molecule has 0 unspecified atom stereocenters. The van der Waals surface area contributed by atoms with Crippen LogP contribution in [-0.2, 0) is 27.6 Å². The van der Waals surface area contributed by atoms with Crippen molar-refractivity contribution in [3.8, 4) is 0 Å². The van der Waals surface area contributed by atoms with Crippen LogP contribution in [-0.4, -0.2) is 12.5 Å². The molecule has 0 fully saturated rings. The zero-order chi connectivity index (χ0) is 18.5. The van der Waals surface area contributed by atoms with E-state index in [1.807, 2.05) is 0 Å². The van der Waals surface area contributed by atoms with E-state index in [2.05, 4.69) is 114 Å². The molecule has 0 aliphatic rings. The third-order valence-electron chi connectivity index (χ3n) is 3.10. The van der Waals surface area contributed by atoms with Gasteiger partial charge in [0, 0.05) is 0 Å². The Bertz CT molecular complexity index is 736. The number of hydrogen-bond acceptors (Lipinski definition) is 1. The first kappa shape index (κ1) is 22.1. The molecule has 0 aliphatic heterocycles. The largest absolute Gasteiger partial charge is 0.168 e. The fourth-order valence-electron chi connectivity index (χ4n) is 2.14. The summed E-state index contributed by atoms with van der Waals surface area (Å²) < 4.78 is 3.72. The second kappa shape index (κ2) is 13.2. The van der Waals surface area contributed by atoms with Crippen LogP contribution in [0.1, 0.15) is 0 Å². The summed E-state index contributed by atoms with van der Waals surface area (Å²) in [7, 11) is 1.39. The third-order valence-corrected chi connectivity index (χ3v) is 3.10.